The Morgan fingerprint density at radius 2 is 1.93 bits per heavy atom. The van der Waals surface area contributed by atoms with Crippen LogP contribution in [-0.4, -0.2) is 37.1 Å². The molecule has 1 saturated heterocycles. The molecule has 2 aromatic rings. The average Bonchev–Trinajstić information content (AvgIpc) is 3.14. The van der Waals surface area contributed by atoms with Crippen molar-refractivity contribution in [2.45, 2.75) is 6.42 Å². The van der Waals surface area contributed by atoms with Gasteiger partial charge in [-0.1, -0.05) is 11.6 Å². The molecule has 8 heteroatoms. The molecule has 142 valence electrons. The van der Waals surface area contributed by atoms with E-state index in [1.807, 2.05) is 24.3 Å². The molecule has 1 aliphatic rings. The highest BCUT2D eigenvalue weighted by Crippen LogP contribution is 2.24. The molecule has 2 aromatic carbocycles. The first-order chi connectivity index (χ1) is 13.0. The number of anilines is 1. The quantitative estimate of drug-likeness (QED) is 0.580. The molecular weight excluding hydrogens is 370 g/mol. The third-order valence-corrected chi connectivity index (χ3v) is 4.73. The summed E-state index contributed by atoms with van der Waals surface area (Å²) in [4.78, 5) is 24.4. The Morgan fingerprint density at radius 3 is 2.59 bits per heavy atom. The number of non-ortho nitro benzene ring substituents is 1. The van der Waals surface area contributed by atoms with Crippen LogP contribution in [0.5, 0.6) is 5.75 Å². The van der Waals surface area contributed by atoms with Crippen molar-refractivity contribution in [1.82, 2.24) is 5.32 Å². The van der Waals surface area contributed by atoms with Gasteiger partial charge in [0, 0.05) is 42.5 Å². The number of nitro benzene ring substituents is 1. The molecule has 1 atom stereocenters. The second-order valence-electron chi connectivity index (χ2n) is 6.42. The Kier molecular flexibility index (Phi) is 6.13. The number of ether oxygens (including phenoxy) is 1. The third kappa shape index (κ3) is 5.34. The number of nitrogens with one attached hydrogen (secondary N) is 1. The highest BCUT2D eigenvalue weighted by molar-refractivity contribution is 6.30. The Bertz CT molecular complexity index is 796. The molecule has 1 amide bonds. The standard InChI is InChI=1S/C19H20ClN3O4/c20-15-1-3-16(4-2-15)22-10-9-14(12-22)11-21-19(24)13-27-18-7-5-17(6-8-18)23(25)26/h1-8,14H,9-13H2,(H,21,24). The maximum atomic E-state index is 12.0. The van der Waals surface area contributed by atoms with Crippen molar-refractivity contribution in [2.24, 2.45) is 5.92 Å². The maximum Gasteiger partial charge on any atom is 0.269 e. The number of benzene rings is 2. The molecule has 1 fully saturated rings. The van der Waals surface area contributed by atoms with Gasteiger partial charge in [0.25, 0.3) is 11.6 Å². The van der Waals surface area contributed by atoms with Gasteiger partial charge in [0.15, 0.2) is 6.61 Å². The summed E-state index contributed by atoms with van der Waals surface area (Å²) in [6, 6.07) is 13.4. The van der Waals surface area contributed by atoms with E-state index in [2.05, 4.69) is 10.2 Å². The number of hydrogen-bond donors (Lipinski definition) is 1. The lowest BCUT2D eigenvalue weighted by Gasteiger charge is -2.19. The fourth-order valence-electron chi connectivity index (χ4n) is 3.01. The number of nitro groups is 1. The van der Waals surface area contributed by atoms with Crippen LogP contribution in [0.15, 0.2) is 48.5 Å². The van der Waals surface area contributed by atoms with Crippen molar-refractivity contribution in [3.05, 3.63) is 63.7 Å². The zero-order valence-electron chi connectivity index (χ0n) is 14.6. The Labute approximate surface area is 162 Å². The number of rotatable bonds is 7. The van der Waals surface area contributed by atoms with Crippen molar-refractivity contribution in [1.29, 1.82) is 0 Å². The minimum atomic E-state index is -0.481. The van der Waals surface area contributed by atoms with E-state index in [0.717, 1.165) is 30.2 Å². The number of carbonyl (C=O) groups is 1. The SMILES string of the molecule is O=C(COc1ccc([N+](=O)[O-])cc1)NCC1CCN(c2ccc(Cl)cc2)C1. The van der Waals surface area contributed by atoms with Gasteiger partial charge in [-0.3, -0.25) is 14.9 Å². The van der Waals surface area contributed by atoms with Crippen LogP contribution in [0, 0.1) is 16.0 Å². The number of hydrogen-bond acceptors (Lipinski definition) is 5. The molecule has 0 radical (unpaired) electrons. The van der Waals surface area contributed by atoms with Gasteiger partial charge in [0.1, 0.15) is 5.75 Å². The third-order valence-electron chi connectivity index (χ3n) is 4.48. The zero-order valence-corrected chi connectivity index (χ0v) is 15.4. The largest absolute Gasteiger partial charge is 0.484 e. The Morgan fingerprint density at radius 1 is 1.22 bits per heavy atom. The summed E-state index contributed by atoms with van der Waals surface area (Å²) in [6.07, 6.45) is 1.01. The molecular formula is C19H20ClN3O4. The van der Waals surface area contributed by atoms with Crippen LogP contribution in [0.3, 0.4) is 0 Å². The zero-order chi connectivity index (χ0) is 19.2. The van der Waals surface area contributed by atoms with E-state index in [1.165, 1.54) is 24.3 Å². The lowest BCUT2D eigenvalue weighted by molar-refractivity contribution is -0.384. The first kappa shape index (κ1) is 19.0. The van der Waals surface area contributed by atoms with Crippen LogP contribution in [0.25, 0.3) is 0 Å². The van der Waals surface area contributed by atoms with E-state index in [0.29, 0.717) is 18.2 Å². The normalized spacial score (nSPS) is 16.2. The second-order valence-corrected chi connectivity index (χ2v) is 6.86. The van der Waals surface area contributed by atoms with Gasteiger partial charge in [0.05, 0.1) is 4.92 Å². The first-order valence-corrected chi connectivity index (χ1v) is 9.03. The molecule has 1 aliphatic heterocycles. The van der Waals surface area contributed by atoms with Crippen molar-refractivity contribution < 1.29 is 14.5 Å². The monoisotopic (exact) mass is 389 g/mol. The lowest BCUT2D eigenvalue weighted by Crippen LogP contribution is -2.34. The summed E-state index contributed by atoms with van der Waals surface area (Å²) in [5, 5.41) is 14.2. The van der Waals surface area contributed by atoms with Gasteiger partial charge in [-0.25, -0.2) is 0 Å². The van der Waals surface area contributed by atoms with Crippen molar-refractivity contribution in [2.75, 3.05) is 31.1 Å². The molecule has 1 N–H and O–H groups in total. The molecule has 1 unspecified atom stereocenters. The van der Waals surface area contributed by atoms with Crippen LogP contribution in [-0.2, 0) is 4.79 Å². The maximum absolute atomic E-state index is 12.0. The molecule has 0 bridgehead atoms. The van der Waals surface area contributed by atoms with E-state index in [1.54, 1.807) is 0 Å². The van der Waals surface area contributed by atoms with Crippen LogP contribution in [0.2, 0.25) is 5.02 Å². The molecule has 7 nitrogen and oxygen atoms in total. The molecule has 0 aliphatic carbocycles. The predicted molar refractivity (Wildman–Crippen MR) is 103 cm³/mol. The van der Waals surface area contributed by atoms with Gasteiger partial charge in [-0.15, -0.1) is 0 Å². The second kappa shape index (κ2) is 8.73. The molecule has 27 heavy (non-hydrogen) atoms. The predicted octanol–water partition coefficient (Wildman–Crippen LogP) is 3.27. The topological polar surface area (TPSA) is 84.7 Å². The summed E-state index contributed by atoms with van der Waals surface area (Å²) in [5.74, 6) is 0.591. The summed E-state index contributed by atoms with van der Waals surface area (Å²) >= 11 is 5.92. The summed E-state index contributed by atoms with van der Waals surface area (Å²) in [7, 11) is 0. The van der Waals surface area contributed by atoms with Gasteiger partial charge >= 0.3 is 0 Å². The smallest absolute Gasteiger partial charge is 0.269 e. The fourth-order valence-corrected chi connectivity index (χ4v) is 3.13. The summed E-state index contributed by atoms with van der Waals surface area (Å²) < 4.78 is 5.36. The van der Waals surface area contributed by atoms with Crippen LogP contribution in [0.4, 0.5) is 11.4 Å². The van der Waals surface area contributed by atoms with Crippen molar-refractivity contribution >= 4 is 28.9 Å². The fraction of sp³-hybridized carbons (Fsp3) is 0.316. The van der Waals surface area contributed by atoms with Gasteiger partial charge in [-0.2, -0.15) is 0 Å². The molecule has 3 rings (SSSR count). The van der Waals surface area contributed by atoms with E-state index in [4.69, 9.17) is 16.3 Å². The average molecular weight is 390 g/mol. The minimum Gasteiger partial charge on any atom is -0.484 e. The molecule has 0 aromatic heterocycles. The molecule has 0 spiro atoms. The molecule has 1 heterocycles. The first-order valence-electron chi connectivity index (χ1n) is 8.66. The van der Waals surface area contributed by atoms with Gasteiger partial charge in [0.2, 0.25) is 0 Å². The van der Waals surface area contributed by atoms with Crippen molar-refractivity contribution in [3.63, 3.8) is 0 Å². The van der Waals surface area contributed by atoms with Crippen molar-refractivity contribution in [3.8, 4) is 5.75 Å². The number of halogens is 1. The van der Waals surface area contributed by atoms with Crippen LogP contribution < -0.4 is 15.0 Å². The highest BCUT2D eigenvalue weighted by Gasteiger charge is 2.23. The van der Waals surface area contributed by atoms with Gasteiger partial charge in [-0.05, 0) is 48.7 Å². The van der Waals surface area contributed by atoms with E-state index < -0.39 is 4.92 Å². The number of amides is 1. The van der Waals surface area contributed by atoms with E-state index in [-0.39, 0.29) is 18.2 Å². The van der Waals surface area contributed by atoms with E-state index in [9.17, 15) is 14.9 Å². The number of carbonyl (C=O) groups excluding carboxylic acids is 1. The Hall–Kier alpha value is -2.80. The molecule has 0 saturated carbocycles. The lowest BCUT2D eigenvalue weighted by atomic mass is 10.1. The number of nitrogens with zero attached hydrogens (tertiary/aromatic N) is 2. The Balaban J connectivity index is 1.39. The summed E-state index contributed by atoms with van der Waals surface area (Å²) in [5.41, 5.74) is 1.12. The van der Waals surface area contributed by atoms with Gasteiger partial charge < -0.3 is 15.0 Å². The van der Waals surface area contributed by atoms with E-state index >= 15 is 0 Å². The summed E-state index contributed by atoms with van der Waals surface area (Å²) in [6.45, 7) is 2.30. The van der Waals surface area contributed by atoms with Crippen LogP contribution in [0.1, 0.15) is 6.42 Å². The highest BCUT2D eigenvalue weighted by atomic mass is 35.5. The minimum absolute atomic E-state index is 0.0155. The van der Waals surface area contributed by atoms with Crippen LogP contribution >= 0.6 is 11.6 Å².